The summed E-state index contributed by atoms with van der Waals surface area (Å²) in [5, 5.41) is 0. The smallest absolute Gasteiger partial charge is 0.301 e. The Morgan fingerprint density at radius 2 is 2.27 bits per heavy atom. The molecule has 0 saturated carbocycles. The van der Waals surface area contributed by atoms with Crippen molar-refractivity contribution in [1.29, 1.82) is 0 Å². The molecule has 0 spiro atoms. The molecule has 4 nitrogen and oxygen atoms in total. The fourth-order valence-electron chi connectivity index (χ4n) is 0.861. The van der Waals surface area contributed by atoms with Crippen LogP contribution in [0.25, 0.3) is 0 Å². The van der Waals surface area contributed by atoms with Crippen LogP contribution in [0.3, 0.4) is 0 Å². The third kappa shape index (κ3) is 1.80. The quantitative estimate of drug-likeness (QED) is 0.649. The van der Waals surface area contributed by atoms with Gasteiger partial charge in [0.05, 0.1) is 0 Å². The minimum Gasteiger partial charge on any atom is -0.301 e. The van der Waals surface area contributed by atoms with Gasteiger partial charge >= 0.3 is 5.69 Å². The van der Waals surface area contributed by atoms with Crippen molar-refractivity contribution in [3.63, 3.8) is 0 Å². The Bertz CT molecular complexity index is 337. The molecule has 0 aliphatic heterocycles. The molecule has 1 aromatic rings. The number of aryl methyl sites for hydroxylation is 1. The van der Waals surface area contributed by atoms with Crippen molar-refractivity contribution in [1.82, 2.24) is 9.55 Å². The molecular weight excluding hydrogens is 144 g/mol. The van der Waals surface area contributed by atoms with Gasteiger partial charge in [0.25, 0.3) is 5.56 Å². The summed E-state index contributed by atoms with van der Waals surface area (Å²) in [6.07, 6.45) is 2.39. The lowest BCUT2D eigenvalue weighted by molar-refractivity contribution is 0.632. The maximum atomic E-state index is 10.9. The molecule has 0 unspecified atom stereocenters. The number of rotatable bonds is 2. The monoisotopic (exact) mass is 154 g/mol. The van der Waals surface area contributed by atoms with E-state index in [0.29, 0.717) is 6.54 Å². The van der Waals surface area contributed by atoms with E-state index in [1.165, 1.54) is 16.8 Å². The summed E-state index contributed by atoms with van der Waals surface area (Å²) in [5.41, 5.74) is -0.679. The van der Waals surface area contributed by atoms with Gasteiger partial charge in [-0.1, -0.05) is 6.92 Å². The minimum absolute atomic E-state index is 0.334. The van der Waals surface area contributed by atoms with Crippen LogP contribution in [0.15, 0.2) is 21.9 Å². The Balaban J connectivity index is 3.10. The van der Waals surface area contributed by atoms with Crippen molar-refractivity contribution in [3.8, 4) is 0 Å². The first-order valence-corrected chi connectivity index (χ1v) is 3.54. The standard InChI is InChI=1S/C7H10N2O2/c1-2-4-9-5-3-6(10)8-7(9)11/h3,5H,2,4H2,1H3,(H,8,10,11). The van der Waals surface area contributed by atoms with Crippen LogP contribution >= 0.6 is 0 Å². The molecule has 60 valence electrons. The van der Waals surface area contributed by atoms with Crippen LogP contribution in [0, 0.1) is 0 Å². The van der Waals surface area contributed by atoms with E-state index in [0.717, 1.165) is 6.42 Å². The zero-order chi connectivity index (χ0) is 8.27. The molecule has 0 aromatic carbocycles. The molecule has 1 N–H and O–H groups in total. The van der Waals surface area contributed by atoms with Crippen molar-refractivity contribution < 1.29 is 0 Å². The molecule has 0 aliphatic carbocycles. The van der Waals surface area contributed by atoms with Crippen molar-refractivity contribution in [2.75, 3.05) is 0 Å². The maximum absolute atomic E-state index is 10.9. The van der Waals surface area contributed by atoms with E-state index in [-0.39, 0.29) is 11.2 Å². The first-order valence-electron chi connectivity index (χ1n) is 3.54. The number of nitrogens with zero attached hydrogens (tertiary/aromatic N) is 1. The Morgan fingerprint density at radius 3 is 2.82 bits per heavy atom. The molecule has 0 saturated heterocycles. The second-order valence-electron chi connectivity index (χ2n) is 2.30. The summed E-state index contributed by atoms with van der Waals surface area (Å²) >= 11 is 0. The van der Waals surface area contributed by atoms with Gasteiger partial charge in [0.15, 0.2) is 0 Å². The van der Waals surface area contributed by atoms with Crippen LogP contribution in [0.1, 0.15) is 13.3 Å². The highest BCUT2D eigenvalue weighted by Gasteiger charge is 1.92. The lowest BCUT2D eigenvalue weighted by atomic mass is 10.5. The predicted octanol–water partition coefficient (Wildman–Crippen LogP) is -0.0534. The number of nitrogens with one attached hydrogen (secondary N) is 1. The van der Waals surface area contributed by atoms with Gasteiger partial charge in [-0.3, -0.25) is 9.78 Å². The fourth-order valence-corrected chi connectivity index (χ4v) is 0.861. The first kappa shape index (κ1) is 7.78. The number of aromatic nitrogens is 2. The summed E-state index contributed by atoms with van der Waals surface area (Å²) in [7, 11) is 0. The first-order chi connectivity index (χ1) is 5.24. The van der Waals surface area contributed by atoms with Crippen molar-refractivity contribution in [3.05, 3.63) is 33.1 Å². The van der Waals surface area contributed by atoms with Gasteiger partial charge in [0, 0.05) is 18.8 Å². The van der Waals surface area contributed by atoms with Gasteiger partial charge in [0.2, 0.25) is 0 Å². The maximum Gasteiger partial charge on any atom is 0.328 e. The van der Waals surface area contributed by atoms with E-state index in [2.05, 4.69) is 4.98 Å². The number of hydrogen-bond acceptors (Lipinski definition) is 2. The second kappa shape index (κ2) is 3.18. The molecule has 11 heavy (non-hydrogen) atoms. The van der Waals surface area contributed by atoms with Crippen LogP contribution in [0.2, 0.25) is 0 Å². The topological polar surface area (TPSA) is 54.9 Å². The van der Waals surface area contributed by atoms with E-state index in [1.807, 2.05) is 6.92 Å². The molecule has 0 atom stereocenters. The highest BCUT2D eigenvalue weighted by Crippen LogP contribution is 1.80. The predicted molar refractivity (Wildman–Crippen MR) is 41.6 cm³/mol. The van der Waals surface area contributed by atoms with Gasteiger partial charge < -0.3 is 4.57 Å². The Morgan fingerprint density at radius 1 is 1.55 bits per heavy atom. The highest BCUT2D eigenvalue weighted by atomic mass is 16.2. The zero-order valence-corrected chi connectivity index (χ0v) is 6.33. The Kier molecular flexibility index (Phi) is 2.25. The lowest BCUT2D eigenvalue weighted by Gasteiger charge is -1.99. The fraction of sp³-hybridized carbons (Fsp3) is 0.429. The molecule has 1 rings (SSSR count). The number of aromatic amines is 1. The Hall–Kier alpha value is -1.32. The van der Waals surface area contributed by atoms with E-state index in [1.54, 1.807) is 0 Å². The SMILES string of the molecule is CCCn1ccc(=O)[nH]c1=O. The van der Waals surface area contributed by atoms with E-state index in [4.69, 9.17) is 0 Å². The normalized spacial score (nSPS) is 9.91. The molecule has 4 heteroatoms. The number of H-pyrrole nitrogens is 1. The van der Waals surface area contributed by atoms with Crippen LogP contribution in [-0.2, 0) is 6.54 Å². The summed E-state index contributed by atoms with van der Waals surface area (Å²) < 4.78 is 1.47. The van der Waals surface area contributed by atoms with Gasteiger partial charge in [-0.05, 0) is 6.42 Å². The van der Waals surface area contributed by atoms with Crippen LogP contribution in [-0.4, -0.2) is 9.55 Å². The lowest BCUT2D eigenvalue weighted by Crippen LogP contribution is -2.28. The summed E-state index contributed by atoms with van der Waals surface area (Å²) in [6.45, 7) is 2.62. The van der Waals surface area contributed by atoms with Crippen LogP contribution < -0.4 is 11.2 Å². The van der Waals surface area contributed by atoms with E-state index in [9.17, 15) is 9.59 Å². The third-order valence-electron chi connectivity index (χ3n) is 1.36. The number of hydrogen-bond donors (Lipinski definition) is 1. The molecule has 0 fully saturated rings. The largest absolute Gasteiger partial charge is 0.328 e. The van der Waals surface area contributed by atoms with Gasteiger partial charge in [-0.25, -0.2) is 4.79 Å². The average Bonchev–Trinajstić information content (AvgIpc) is 1.95. The van der Waals surface area contributed by atoms with E-state index >= 15 is 0 Å². The van der Waals surface area contributed by atoms with Crippen molar-refractivity contribution in [2.24, 2.45) is 0 Å². The summed E-state index contributed by atoms with van der Waals surface area (Å²) in [4.78, 5) is 23.7. The Labute approximate surface area is 63.5 Å². The third-order valence-corrected chi connectivity index (χ3v) is 1.36. The average molecular weight is 154 g/mol. The summed E-state index contributed by atoms with van der Waals surface area (Å²) in [5.74, 6) is 0. The highest BCUT2D eigenvalue weighted by molar-refractivity contribution is 4.81. The minimum atomic E-state index is -0.345. The molecule has 0 radical (unpaired) electrons. The molecule has 1 aromatic heterocycles. The zero-order valence-electron chi connectivity index (χ0n) is 6.33. The van der Waals surface area contributed by atoms with Crippen molar-refractivity contribution >= 4 is 0 Å². The molecular formula is C7H10N2O2. The van der Waals surface area contributed by atoms with Gasteiger partial charge in [0.1, 0.15) is 0 Å². The van der Waals surface area contributed by atoms with Gasteiger partial charge in [-0.2, -0.15) is 0 Å². The molecule has 0 amide bonds. The van der Waals surface area contributed by atoms with Crippen LogP contribution in [0.4, 0.5) is 0 Å². The molecule has 0 bridgehead atoms. The van der Waals surface area contributed by atoms with Crippen LogP contribution in [0.5, 0.6) is 0 Å². The summed E-state index contributed by atoms with van der Waals surface area (Å²) in [6, 6.07) is 1.34. The molecule has 1 heterocycles. The van der Waals surface area contributed by atoms with Gasteiger partial charge in [-0.15, -0.1) is 0 Å². The molecule has 0 aliphatic rings. The van der Waals surface area contributed by atoms with Crippen molar-refractivity contribution in [2.45, 2.75) is 19.9 Å². The van der Waals surface area contributed by atoms with E-state index < -0.39 is 0 Å². The second-order valence-corrected chi connectivity index (χ2v) is 2.30.